The van der Waals surface area contributed by atoms with Gasteiger partial charge in [0, 0.05) is 6.42 Å². The van der Waals surface area contributed by atoms with Gasteiger partial charge in [0.25, 0.3) is 0 Å². The highest BCUT2D eigenvalue weighted by atomic mass is 32.2. The summed E-state index contributed by atoms with van der Waals surface area (Å²) in [6.45, 7) is 7.27. The predicted octanol–water partition coefficient (Wildman–Crippen LogP) is 1.96. The molecule has 2 fully saturated rings. The molecule has 0 saturated heterocycles. The molecule has 0 aromatic carbocycles. The number of hydrogen-bond donors (Lipinski definition) is 0. The summed E-state index contributed by atoms with van der Waals surface area (Å²) in [5, 5.41) is -0.465. The zero-order valence-electron chi connectivity index (χ0n) is 10.4. The molecule has 0 spiro atoms. The van der Waals surface area contributed by atoms with Crippen LogP contribution in [-0.2, 0) is 14.6 Å². The van der Waals surface area contributed by atoms with Crippen LogP contribution in [0.1, 0.15) is 47.0 Å². The summed E-state index contributed by atoms with van der Waals surface area (Å²) >= 11 is 0. The molecule has 92 valence electrons. The Bertz CT molecular complexity index is 433. The van der Waals surface area contributed by atoms with Crippen molar-refractivity contribution in [2.45, 2.75) is 57.0 Å². The molecule has 1 unspecified atom stereocenters. The van der Waals surface area contributed by atoms with Gasteiger partial charge >= 0.3 is 0 Å². The Balaban J connectivity index is 2.65. The van der Waals surface area contributed by atoms with Crippen molar-refractivity contribution in [3.8, 4) is 0 Å². The lowest BCUT2D eigenvalue weighted by atomic mass is 9.81. The van der Waals surface area contributed by atoms with Crippen molar-refractivity contribution in [3.63, 3.8) is 0 Å². The lowest BCUT2D eigenvalue weighted by Gasteiger charge is -2.37. The summed E-state index contributed by atoms with van der Waals surface area (Å²) in [5.74, 6) is 0.218. The Labute approximate surface area is 97.5 Å². The summed E-state index contributed by atoms with van der Waals surface area (Å²) < 4.78 is 24.0. The van der Waals surface area contributed by atoms with Gasteiger partial charge in [-0.25, -0.2) is 8.42 Å². The predicted molar refractivity (Wildman–Crippen MR) is 62.9 cm³/mol. The van der Waals surface area contributed by atoms with E-state index in [1.165, 1.54) is 0 Å². The molecule has 2 saturated carbocycles. The lowest BCUT2D eigenvalue weighted by Crippen LogP contribution is -2.53. The van der Waals surface area contributed by atoms with Crippen molar-refractivity contribution >= 4 is 15.6 Å². The smallest absolute Gasteiger partial charge is 0.165 e. The average Bonchev–Trinajstić information content (AvgIpc) is 2.50. The first-order valence-corrected chi connectivity index (χ1v) is 7.49. The highest BCUT2D eigenvalue weighted by Crippen LogP contribution is 2.62. The van der Waals surface area contributed by atoms with Gasteiger partial charge in [0.15, 0.2) is 15.6 Å². The molecule has 3 nitrogen and oxygen atoms in total. The SMILES string of the molecule is CC(C)S(=O)(=O)C12CC[C@@H](CC1=O)C2(C)C. The molecule has 2 atom stereocenters. The molecule has 0 radical (unpaired) electrons. The van der Waals surface area contributed by atoms with Gasteiger partial charge in [0.1, 0.15) is 4.75 Å². The maximum Gasteiger partial charge on any atom is 0.165 e. The molecule has 2 aliphatic carbocycles. The largest absolute Gasteiger partial charge is 0.298 e. The molecule has 2 rings (SSSR count). The Kier molecular flexibility index (Phi) is 2.34. The number of fused-ring (bicyclic) bond motifs is 2. The normalized spacial score (nSPS) is 37.3. The second kappa shape index (κ2) is 3.09. The van der Waals surface area contributed by atoms with Crippen LogP contribution < -0.4 is 0 Å². The summed E-state index contributed by atoms with van der Waals surface area (Å²) in [7, 11) is -3.35. The zero-order valence-corrected chi connectivity index (χ0v) is 11.2. The minimum absolute atomic E-state index is 0.0394. The fourth-order valence-corrected chi connectivity index (χ4v) is 6.21. The standard InChI is InChI=1S/C12H20O3S/c1-8(2)16(14,15)12-6-5-9(7-10(12)13)11(12,3)4/h8-9H,5-7H2,1-4H3/t9-,12?/m0/s1. The van der Waals surface area contributed by atoms with Gasteiger partial charge in [-0.2, -0.15) is 0 Å². The van der Waals surface area contributed by atoms with Crippen LogP contribution in [0.2, 0.25) is 0 Å². The average molecular weight is 244 g/mol. The number of rotatable bonds is 2. The Morgan fingerprint density at radius 3 is 2.19 bits per heavy atom. The lowest BCUT2D eigenvalue weighted by molar-refractivity contribution is -0.121. The number of carbonyl (C=O) groups excluding carboxylic acids is 1. The van der Waals surface area contributed by atoms with Crippen molar-refractivity contribution < 1.29 is 13.2 Å². The number of hydrogen-bond acceptors (Lipinski definition) is 3. The topological polar surface area (TPSA) is 51.2 Å². The van der Waals surface area contributed by atoms with Crippen molar-refractivity contribution in [1.82, 2.24) is 0 Å². The maximum absolute atomic E-state index is 12.5. The van der Waals surface area contributed by atoms with Crippen LogP contribution >= 0.6 is 0 Å². The number of Topliss-reactive ketones (excluding diaryl/α,β-unsaturated/α-hetero) is 1. The first-order valence-electron chi connectivity index (χ1n) is 5.94. The van der Waals surface area contributed by atoms with Gasteiger partial charge in [-0.3, -0.25) is 4.79 Å². The molecular weight excluding hydrogens is 224 g/mol. The van der Waals surface area contributed by atoms with Crippen LogP contribution in [0.4, 0.5) is 0 Å². The molecule has 0 aromatic heterocycles. The van der Waals surface area contributed by atoms with Crippen LogP contribution in [0.25, 0.3) is 0 Å². The molecule has 16 heavy (non-hydrogen) atoms. The van der Waals surface area contributed by atoms with Gasteiger partial charge in [0.2, 0.25) is 0 Å². The zero-order chi connectivity index (χ0) is 12.4. The Hall–Kier alpha value is -0.380. The van der Waals surface area contributed by atoms with E-state index in [2.05, 4.69) is 0 Å². The number of carbonyl (C=O) groups is 1. The fraction of sp³-hybridized carbons (Fsp3) is 0.917. The first-order chi connectivity index (χ1) is 7.18. The minimum Gasteiger partial charge on any atom is -0.298 e. The van der Waals surface area contributed by atoms with Crippen LogP contribution in [-0.4, -0.2) is 24.2 Å². The van der Waals surface area contributed by atoms with Gasteiger partial charge in [0.05, 0.1) is 5.25 Å². The molecule has 0 N–H and O–H groups in total. The third-order valence-electron chi connectivity index (χ3n) is 4.89. The van der Waals surface area contributed by atoms with Crippen LogP contribution in [0.15, 0.2) is 0 Å². The van der Waals surface area contributed by atoms with Crippen molar-refractivity contribution in [3.05, 3.63) is 0 Å². The quantitative estimate of drug-likeness (QED) is 0.746. The van der Waals surface area contributed by atoms with Gasteiger partial charge in [-0.1, -0.05) is 13.8 Å². The van der Waals surface area contributed by atoms with Crippen molar-refractivity contribution in [1.29, 1.82) is 0 Å². The minimum atomic E-state index is -3.35. The van der Waals surface area contributed by atoms with E-state index in [0.717, 1.165) is 6.42 Å². The van der Waals surface area contributed by atoms with E-state index in [1.807, 2.05) is 13.8 Å². The summed E-state index contributed by atoms with van der Waals surface area (Å²) in [6.07, 6.45) is 1.87. The molecule has 4 heteroatoms. The molecule has 0 aromatic rings. The van der Waals surface area contributed by atoms with E-state index in [9.17, 15) is 13.2 Å². The molecule has 0 heterocycles. The first kappa shape index (κ1) is 12.1. The van der Waals surface area contributed by atoms with Gasteiger partial charge in [-0.15, -0.1) is 0 Å². The molecule has 2 aliphatic rings. The maximum atomic E-state index is 12.5. The van der Waals surface area contributed by atoms with Crippen molar-refractivity contribution in [2.24, 2.45) is 11.3 Å². The number of ketones is 1. The van der Waals surface area contributed by atoms with E-state index >= 15 is 0 Å². The molecule has 2 bridgehead atoms. The van der Waals surface area contributed by atoms with E-state index in [1.54, 1.807) is 13.8 Å². The third-order valence-corrected chi connectivity index (χ3v) is 8.07. The highest BCUT2D eigenvalue weighted by Gasteiger charge is 2.70. The van der Waals surface area contributed by atoms with Gasteiger partial charge in [-0.05, 0) is 38.0 Å². The monoisotopic (exact) mass is 244 g/mol. The van der Waals surface area contributed by atoms with E-state index in [0.29, 0.717) is 12.8 Å². The Morgan fingerprint density at radius 1 is 1.31 bits per heavy atom. The van der Waals surface area contributed by atoms with Crippen LogP contribution in [0.3, 0.4) is 0 Å². The molecule has 0 aliphatic heterocycles. The third kappa shape index (κ3) is 1.04. The van der Waals surface area contributed by atoms with E-state index in [4.69, 9.17) is 0 Å². The number of sulfone groups is 1. The summed E-state index contributed by atoms with van der Waals surface area (Å²) in [6, 6.07) is 0. The molecular formula is C12H20O3S. The van der Waals surface area contributed by atoms with E-state index < -0.39 is 19.8 Å². The van der Waals surface area contributed by atoms with Crippen LogP contribution in [0, 0.1) is 11.3 Å². The summed E-state index contributed by atoms with van der Waals surface area (Å²) in [4.78, 5) is 12.1. The van der Waals surface area contributed by atoms with E-state index in [-0.39, 0.29) is 17.1 Å². The van der Waals surface area contributed by atoms with Gasteiger partial charge < -0.3 is 0 Å². The van der Waals surface area contributed by atoms with Crippen LogP contribution in [0.5, 0.6) is 0 Å². The summed E-state index contributed by atoms with van der Waals surface area (Å²) in [5.41, 5.74) is -0.382. The van der Waals surface area contributed by atoms with Crippen molar-refractivity contribution in [2.75, 3.05) is 0 Å². The molecule has 0 amide bonds. The highest BCUT2D eigenvalue weighted by molar-refractivity contribution is 7.94. The second-order valence-corrected chi connectivity index (χ2v) is 8.74. The Morgan fingerprint density at radius 2 is 1.88 bits per heavy atom. The fourth-order valence-electron chi connectivity index (χ4n) is 3.70. The second-order valence-electron chi connectivity index (χ2n) is 6.01.